The molecule has 2 aliphatic rings. The third-order valence-corrected chi connectivity index (χ3v) is 4.93. The molecule has 2 bridgehead atoms. The molecule has 3 rings (SSSR count). The highest BCUT2D eigenvalue weighted by molar-refractivity contribution is 5.86. The van der Waals surface area contributed by atoms with E-state index in [1.54, 1.807) is 7.11 Å². The number of hydrogen-bond donors (Lipinski definition) is 2. The van der Waals surface area contributed by atoms with Gasteiger partial charge in [-0.05, 0) is 36.3 Å². The molecule has 0 spiro atoms. The Hall–Kier alpha value is -2.30. The Morgan fingerprint density at radius 3 is 2.61 bits per heavy atom. The minimum atomic E-state index is -0.869. The topological polar surface area (TPSA) is 75.6 Å². The standard InChI is InChI=1S/C18H21NO4/c1-23-14-5-3-2-4-11(14)8-9-19-17(20)15-12-6-7-13(10-12)16(15)18(21)22/h2-7,12-13,15-16H,8-10H2,1H3,(H,19,20)(H,21,22)/t12-,13+,15-,16+/m1/s1. The van der Waals surface area contributed by atoms with Gasteiger partial charge in [0, 0.05) is 6.54 Å². The van der Waals surface area contributed by atoms with E-state index in [2.05, 4.69) is 5.32 Å². The van der Waals surface area contributed by atoms with Crippen molar-refractivity contribution in [3.05, 3.63) is 42.0 Å². The van der Waals surface area contributed by atoms with E-state index in [0.29, 0.717) is 13.0 Å². The van der Waals surface area contributed by atoms with Crippen molar-refractivity contribution in [2.45, 2.75) is 12.8 Å². The lowest BCUT2D eigenvalue weighted by molar-refractivity contribution is -0.147. The van der Waals surface area contributed by atoms with Crippen molar-refractivity contribution in [3.8, 4) is 5.75 Å². The van der Waals surface area contributed by atoms with Gasteiger partial charge in [0.2, 0.25) is 5.91 Å². The average molecular weight is 315 g/mol. The number of methoxy groups -OCH3 is 1. The molecule has 1 aromatic carbocycles. The molecule has 0 aliphatic heterocycles. The summed E-state index contributed by atoms with van der Waals surface area (Å²) in [7, 11) is 1.62. The van der Waals surface area contributed by atoms with Crippen LogP contribution in [0.3, 0.4) is 0 Å². The van der Waals surface area contributed by atoms with Crippen LogP contribution in [-0.2, 0) is 16.0 Å². The SMILES string of the molecule is COc1ccccc1CCNC(=O)[C@H]1[C@@H](C(=O)O)[C@H]2C=C[C@@H]1C2. The molecule has 1 fully saturated rings. The van der Waals surface area contributed by atoms with E-state index < -0.39 is 17.8 Å². The zero-order valence-electron chi connectivity index (χ0n) is 13.1. The van der Waals surface area contributed by atoms with Crippen LogP contribution in [0.2, 0.25) is 0 Å². The number of para-hydroxylation sites is 1. The number of ether oxygens (including phenoxy) is 1. The number of carboxylic acids is 1. The number of carbonyl (C=O) groups excluding carboxylic acids is 1. The summed E-state index contributed by atoms with van der Waals surface area (Å²) in [6.07, 6.45) is 5.38. The number of carbonyl (C=O) groups is 2. The number of nitrogens with one attached hydrogen (secondary N) is 1. The molecule has 122 valence electrons. The molecule has 1 saturated carbocycles. The Bertz CT molecular complexity index is 640. The molecule has 0 unspecified atom stereocenters. The van der Waals surface area contributed by atoms with Crippen LogP contribution in [0.5, 0.6) is 5.75 Å². The van der Waals surface area contributed by atoms with Crippen molar-refractivity contribution < 1.29 is 19.4 Å². The van der Waals surface area contributed by atoms with E-state index in [1.165, 1.54) is 0 Å². The summed E-state index contributed by atoms with van der Waals surface area (Å²) in [5, 5.41) is 12.3. The normalized spacial score (nSPS) is 27.9. The third-order valence-electron chi connectivity index (χ3n) is 4.93. The Morgan fingerprint density at radius 2 is 1.91 bits per heavy atom. The van der Waals surface area contributed by atoms with Gasteiger partial charge in [-0.25, -0.2) is 0 Å². The first kappa shape index (κ1) is 15.6. The smallest absolute Gasteiger partial charge is 0.307 e. The number of hydrogen-bond acceptors (Lipinski definition) is 3. The van der Waals surface area contributed by atoms with Crippen molar-refractivity contribution in [1.29, 1.82) is 0 Å². The second kappa shape index (κ2) is 6.44. The Balaban J connectivity index is 1.59. The van der Waals surface area contributed by atoms with Gasteiger partial charge in [-0.1, -0.05) is 30.4 Å². The van der Waals surface area contributed by atoms with Crippen molar-refractivity contribution in [2.24, 2.45) is 23.7 Å². The van der Waals surface area contributed by atoms with Gasteiger partial charge in [0.15, 0.2) is 0 Å². The van der Waals surface area contributed by atoms with E-state index in [0.717, 1.165) is 17.7 Å². The number of amides is 1. The molecule has 5 nitrogen and oxygen atoms in total. The molecular formula is C18H21NO4. The third kappa shape index (κ3) is 2.96. The van der Waals surface area contributed by atoms with Gasteiger partial charge in [-0.2, -0.15) is 0 Å². The fourth-order valence-electron chi connectivity index (χ4n) is 3.86. The summed E-state index contributed by atoms with van der Waals surface area (Å²) in [6.45, 7) is 0.475. The van der Waals surface area contributed by atoms with Gasteiger partial charge in [0.1, 0.15) is 5.75 Å². The van der Waals surface area contributed by atoms with Gasteiger partial charge >= 0.3 is 5.97 Å². The molecule has 2 aliphatic carbocycles. The zero-order valence-corrected chi connectivity index (χ0v) is 13.1. The van der Waals surface area contributed by atoms with E-state index in [-0.39, 0.29) is 17.7 Å². The minimum Gasteiger partial charge on any atom is -0.496 e. The molecule has 0 radical (unpaired) electrons. The molecule has 1 aromatic rings. The summed E-state index contributed by atoms with van der Waals surface area (Å²) in [5.74, 6) is -1.19. The number of benzene rings is 1. The van der Waals surface area contributed by atoms with Crippen LogP contribution in [0.25, 0.3) is 0 Å². The summed E-state index contributed by atoms with van der Waals surface area (Å²) in [4.78, 5) is 23.9. The summed E-state index contributed by atoms with van der Waals surface area (Å²) in [5.41, 5.74) is 1.03. The van der Waals surface area contributed by atoms with Gasteiger partial charge in [0.25, 0.3) is 0 Å². The molecule has 5 heteroatoms. The quantitative estimate of drug-likeness (QED) is 0.786. The largest absolute Gasteiger partial charge is 0.496 e. The van der Waals surface area contributed by atoms with Crippen LogP contribution < -0.4 is 10.1 Å². The lowest BCUT2D eigenvalue weighted by Gasteiger charge is -2.23. The monoisotopic (exact) mass is 315 g/mol. The number of rotatable bonds is 6. The van der Waals surface area contributed by atoms with E-state index in [1.807, 2.05) is 36.4 Å². The number of allylic oxidation sites excluding steroid dienone is 2. The molecule has 23 heavy (non-hydrogen) atoms. The summed E-state index contributed by atoms with van der Waals surface area (Å²) < 4.78 is 5.29. The zero-order chi connectivity index (χ0) is 16.4. The molecule has 4 atom stereocenters. The lowest BCUT2D eigenvalue weighted by atomic mass is 9.82. The molecule has 0 heterocycles. The van der Waals surface area contributed by atoms with E-state index in [9.17, 15) is 14.7 Å². The van der Waals surface area contributed by atoms with Crippen LogP contribution in [0.4, 0.5) is 0 Å². The van der Waals surface area contributed by atoms with E-state index >= 15 is 0 Å². The summed E-state index contributed by atoms with van der Waals surface area (Å²) >= 11 is 0. The van der Waals surface area contributed by atoms with E-state index in [4.69, 9.17) is 4.74 Å². The van der Waals surface area contributed by atoms with Crippen molar-refractivity contribution in [2.75, 3.05) is 13.7 Å². The highest BCUT2D eigenvalue weighted by atomic mass is 16.5. The first-order chi connectivity index (χ1) is 11.1. The Labute approximate surface area is 135 Å². The fraction of sp³-hybridized carbons (Fsp3) is 0.444. The van der Waals surface area contributed by atoms with Gasteiger partial charge in [-0.3, -0.25) is 9.59 Å². The molecule has 0 aromatic heterocycles. The van der Waals surface area contributed by atoms with Crippen LogP contribution in [0.1, 0.15) is 12.0 Å². The molecule has 2 N–H and O–H groups in total. The van der Waals surface area contributed by atoms with Crippen LogP contribution in [-0.4, -0.2) is 30.6 Å². The van der Waals surface area contributed by atoms with Crippen LogP contribution in [0.15, 0.2) is 36.4 Å². The maximum absolute atomic E-state index is 12.5. The molecular weight excluding hydrogens is 294 g/mol. The van der Waals surface area contributed by atoms with Gasteiger partial charge < -0.3 is 15.2 Å². The molecule has 0 saturated heterocycles. The molecule has 1 amide bonds. The summed E-state index contributed by atoms with van der Waals surface area (Å²) in [6, 6.07) is 7.68. The number of carboxylic acid groups (broad SMARTS) is 1. The highest BCUT2D eigenvalue weighted by Crippen LogP contribution is 2.48. The predicted octanol–water partition coefficient (Wildman–Crippen LogP) is 1.88. The minimum absolute atomic E-state index is 0.00228. The lowest BCUT2D eigenvalue weighted by Crippen LogP contribution is -2.40. The van der Waals surface area contributed by atoms with Crippen LogP contribution in [0, 0.1) is 23.7 Å². The maximum Gasteiger partial charge on any atom is 0.307 e. The van der Waals surface area contributed by atoms with Crippen molar-refractivity contribution in [3.63, 3.8) is 0 Å². The fourth-order valence-corrected chi connectivity index (χ4v) is 3.86. The van der Waals surface area contributed by atoms with Crippen molar-refractivity contribution >= 4 is 11.9 Å². The average Bonchev–Trinajstić information content (AvgIpc) is 3.16. The Kier molecular flexibility index (Phi) is 4.37. The van der Waals surface area contributed by atoms with Gasteiger partial charge in [-0.15, -0.1) is 0 Å². The second-order valence-electron chi connectivity index (χ2n) is 6.19. The second-order valence-corrected chi connectivity index (χ2v) is 6.19. The maximum atomic E-state index is 12.5. The number of aliphatic carboxylic acids is 1. The Morgan fingerprint density at radius 1 is 1.22 bits per heavy atom. The first-order valence-corrected chi connectivity index (χ1v) is 7.92. The van der Waals surface area contributed by atoms with Crippen molar-refractivity contribution in [1.82, 2.24) is 5.32 Å². The first-order valence-electron chi connectivity index (χ1n) is 7.92. The highest BCUT2D eigenvalue weighted by Gasteiger charge is 2.51. The van der Waals surface area contributed by atoms with Crippen LogP contribution >= 0.6 is 0 Å². The number of fused-ring (bicyclic) bond motifs is 2. The van der Waals surface area contributed by atoms with Gasteiger partial charge in [0.05, 0.1) is 18.9 Å². The predicted molar refractivity (Wildman–Crippen MR) is 85.1 cm³/mol.